The molecule has 0 saturated carbocycles. The van der Waals surface area contributed by atoms with E-state index in [0.717, 1.165) is 16.6 Å². The van der Waals surface area contributed by atoms with Crippen molar-refractivity contribution in [2.45, 2.75) is 6.92 Å². The number of ether oxygens (including phenoxy) is 1. The number of aryl methyl sites for hydroxylation is 1. The van der Waals surface area contributed by atoms with Gasteiger partial charge >= 0.3 is 5.63 Å². The van der Waals surface area contributed by atoms with Crippen molar-refractivity contribution in [3.63, 3.8) is 0 Å². The highest BCUT2D eigenvalue weighted by Crippen LogP contribution is 2.22. The third-order valence-electron chi connectivity index (χ3n) is 3.80. The monoisotopic (exact) mass is 323 g/mol. The highest BCUT2D eigenvalue weighted by atomic mass is 16.5. The summed E-state index contributed by atoms with van der Waals surface area (Å²) in [5.41, 5.74) is 1.68. The summed E-state index contributed by atoms with van der Waals surface area (Å²) in [6.07, 6.45) is 0. The van der Waals surface area contributed by atoms with Crippen molar-refractivity contribution < 1.29 is 13.9 Å². The lowest BCUT2D eigenvalue weighted by Crippen LogP contribution is -2.31. The largest absolute Gasteiger partial charge is 0.484 e. The third kappa shape index (κ3) is 3.30. The zero-order valence-corrected chi connectivity index (χ0v) is 13.5. The molecule has 122 valence electrons. The third-order valence-corrected chi connectivity index (χ3v) is 3.80. The number of benzene rings is 2. The molecule has 0 aliphatic rings. The summed E-state index contributed by atoms with van der Waals surface area (Å²) in [5.74, 6) is 0.304. The molecule has 3 rings (SSSR count). The van der Waals surface area contributed by atoms with Crippen molar-refractivity contribution in [2.24, 2.45) is 0 Å². The summed E-state index contributed by atoms with van der Waals surface area (Å²) in [7, 11) is 1.70. The van der Waals surface area contributed by atoms with E-state index in [2.05, 4.69) is 0 Å². The van der Waals surface area contributed by atoms with Crippen LogP contribution in [0.1, 0.15) is 5.56 Å². The predicted molar refractivity (Wildman–Crippen MR) is 92.6 cm³/mol. The normalized spacial score (nSPS) is 10.6. The molecule has 3 aromatic rings. The van der Waals surface area contributed by atoms with Gasteiger partial charge in [-0.05, 0) is 36.8 Å². The number of hydrogen-bond donors (Lipinski definition) is 0. The number of hydrogen-bond acceptors (Lipinski definition) is 4. The van der Waals surface area contributed by atoms with Gasteiger partial charge in [-0.3, -0.25) is 4.79 Å². The van der Waals surface area contributed by atoms with Gasteiger partial charge in [-0.25, -0.2) is 4.79 Å². The maximum Gasteiger partial charge on any atom is 0.336 e. The molecule has 1 amide bonds. The van der Waals surface area contributed by atoms with Crippen LogP contribution in [0.15, 0.2) is 63.8 Å². The van der Waals surface area contributed by atoms with E-state index in [-0.39, 0.29) is 12.5 Å². The molecule has 0 spiro atoms. The van der Waals surface area contributed by atoms with E-state index in [9.17, 15) is 9.59 Å². The average molecular weight is 323 g/mol. The van der Waals surface area contributed by atoms with Crippen molar-refractivity contribution in [1.29, 1.82) is 0 Å². The molecule has 0 N–H and O–H groups in total. The molecule has 5 heteroatoms. The van der Waals surface area contributed by atoms with Crippen LogP contribution in [0.3, 0.4) is 0 Å². The van der Waals surface area contributed by atoms with Crippen molar-refractivity contribution in [3.8, 4) is 5.75 Å². The van der Waals surface area contributed by atoms with Crippen LogP contribution in [-0.4, -0.2) is 19.6 Å². The molecule has 1 heterocycles. The number of anilines is 1. The quantitative estimate of drug-likeness (QED) is 0.692. The first-order valence-corrected chi connectivity index (χ1v) is 7.53. The van der Waals surface area contributed by atoms with Crippen molar-refractivity contribution >= 4 is 22.6 Å². The Labute approximate surface area is 139 Å². The van der Waals surface area contributed by atoms with Gasteiger partial charge in [0, 0.05) is 30.3 Å². The maximum absolute atomic E-state index is 12.2. The van der Waals surface area contributed by atoms with E-state index >= 15 is 0 Å². The number of para-hydroxylation sites is 1. The van der Waals surface area contributed by atoms with E-state index in [1.54, 1.807) is 19.2 Å². The fourth-order valence-corrected chi connectivity index (χ4v) is 2.43. The molecule has 5 nitrogen and oxygen atoms in total. The van der Waals surface area contributed by atoms with Gasteiger partial charge in [0.25, 0.3) is 5.91 Å². The minimum absolute atomic E-state index is 0.104. The summed E-state index contributed by atoms with van der Waals surface area (Å²) in [4.78, 5) is 25.2. The topological polar surface area (TPSA) is 59.8 Å². The lowest BCUT2D eigenvalue weighted by Gasteiger charge is -2.17. The number of fused-ring (bicyclic) bond motifs is 1. The van der Waals surface area contributed by atoms with E-state index in [4.69, 9.17) is 9.15 Å². The molecule has 0 unspecified atom stereocenters. The Bertz CT molecular complexity index is 931. The van der Waals surface area contributed by atoms with Gasteiger partial charge in [0.2, 0.25) is 0 Å². The maximum atomic E-state index is 12.2. The molecule has 0 fully saturated rings. The molecule has 0 aliphatic carbocycles. The van der Waals surface area contributed by atoms with Crippen LogP contribution >= 0.6 is 0 Å². The van der Waals surface area contributed by atoms with Crippen LogP contribution in [0, 0.1) is 6.92 Å². The van der Waals surface area contributed by atoms with Crippen molar-refractivity contribution in [2.75, 3.05) is 18.6 Å². The number of amides is 1. The molecule has 0 radical (unpaired) electrons. The molecule has 0 saturated heterocycles. The van der Waals surface area contributed by atoms with Crippen LogP contribution in [0.4, 0.5) is 5.69 Å². The molecular formula is C19H17NO4. The van der Waals surface area contributed by atoms with Gasteiger partial charge < -0.3 is 14.1 Å². The zero-order chi connectivity index (χ0) is 17.1. The summed E-state index contributed by atoms with van der Waals surface area (Å²) in [6.45, 7) is 1.74. The zero-order valence-electron chi connectivity index (χ0n) is 13.5. The lowest BCUT2D eigenvalue weighted by molar-refractivity contribution is -0.120. The minimum Gasteiger partial charge on any atom is -0.484 e. The first kappa shape index (κ1) is 15.8. The summed E-state index contributed by atoms with van der Waals surface area (Å²) in [6, 6.07) is 16.0. The lowest BCUT2D eigenvalue weighted by atomic mass is 10.1. The number of nitrogens with zero attached hydrogens (tertiary/aromatic N) is 1. The Morgan fingerprint density at radius 2 is 1.88 bits per heavy atom. The molecule has 24 heavy (non-hydrogen) atoms. The van der Waals surface area contributed by atoms with Crippen molar-refractivity contribution in [1.82, 2.24) is 0 Å². The smallest absolute Gasteiger partial charge is 0.336 e. The standard InChI is InChI=1S/C19H17NO4/c1-13-10-19(22)24-17-11-15(8-9-16(13)17)23-12-18(21)20(2)14-6-4-3-5-7-14/h3-11H,12H2,1-2H3. The fraction of sp³-hybridized carbons (Fsp3) is 0.158. The number of carbonyl (C=O) groups is 1. The van der Waals surface area contributed by atoms with E-state index < -0.39 is 5.63 Å². The van der Waals surface area contributed by atoms with Gasteiger partial charge in [-0.1, -0.05) is 18.2 Å². The first-order chi connectivity index (χ1) is 11.5. The van der Waals surface area contributed by atoms with E-state index in [1.165, 1.54) is 11.0 Å². The van der Waals surface area contributed by atoms with Gasteiger partial charge in [-0.2, -0.15) is 0 Å². The Morgan fingerprint density at radius 3 is 2.62 bits per heavy atom. The molecule has 0 bridgehead atoms. The Morgan fingerprint density at radius 1 is 1.12 bits per heavy atom. The van der Waals surface area contributed by atoms with Gasteiger partial charge in [0.1, 0.15) is 11.3 Å². The van der Waals surface area contributed by atoms with Gasteiger partial charge in [0.05, 0.1) is 0 Å². The molecule has 2 aromatic carbocycles. The average Bonchev–Trinajstić information content (AvgIpc) is 2.59. The van der Waals surface area contributed by atoms with Crippen molar-refractivity contribution in [3.05, 3.63) is 70.6 Å². The van der Waals surface area contributed by atoms with Gasteiger partial charge in [0.15, 0.2) is 6.61 Å². The van der Waals surface area contributed by atoms with Crippen LogP contribution in [0.2, 0.25) is 0 Å². The highest BCUT2D eigenvalue weighted by Gasteiger charge is 2.12. The molecule has 1 aromatic heterocycles. The SMILES string of the molecule is Cc1cc(=O)oc2cc(OCC(=O)N(C)c3ccccc3)ccc12. The second-order valence-electron chi connectivity index (χ2n) is 5.48. The highest BCUT2D eigenvalue weighted by molar-refractivity contribution is 5.93. The second kappa shape index (κ2) is 6.58. The van der Waals surface area contributed by atoms with Crippen LogP contribution < -0.4 is 15.3 Å². The summed E-state index contributed by atoms with van der Waals surface area (Å²) >= 11 is 0. The summed E-state index contributed by atoms with van der Waals surface area (Å²) in [5, 5.41) is 0.842. The van der Waals surface area contributed by atoms with Crippen LogP contribution in [-0.2, 0) is 4.79 Å². The molecular weight excluding hydrogens is 306 g/mol. The van der Waals surface area contributed by atoms with E-state index in [1.807, 2.05) is 43.3 Å². The Balaban J connectivity index is 1.73. The Hall–Kier alpha value is -3.08. The van der Waals surface area contributed by atoms with Crippen LogP contribution in [0.5, 0.6) is 5.75 Å². The number of carbonyl (C=O) groups excluding carboxylic acids is 1. The fourth-order valence-electron chi connectivity index (χ4n) is 2.43. The summed E-state index contributed by atoms with van der Waals surface area (Å²) < 4.78 is 10.7. The number of rotatable bonds is 4. The van der Waals surface area contributed by atoms with E-state index in [0.29, 0.717) is 11.3 Å². The predicted octanol–water partition coefficient (Wildman–Crippen LogP) is 3.14. The Kier molecular flexibility index (Phi) is 4.33. The second-order valence-corrected chi connectivity index (χ2v) is 5.48. The minimum atomic E-state index is -0.406. The molecule has 0 aliphatic heterocycles. The van der Waals surface area contributed by atoms with Gasteiger partial charge in [-0.15, -0.1) is 0 Å². The molecule has 0 atom stereocenters. The number of likely N-dealkylation sites (N-methyl/N-ethyl adjacent to an activating group) is 1. The van der Waals surface area contributed by atoms with Crippen LogP contribution in [0.25, 0.3) is 11.0 Å². The first-order valence-electron chi connectivity index (χ1n) is 7.53.